The largest absolute Gasteiger partial charge is 0.489 e. The number of carbonyl (C=O) groups is 1. The zero-order chi connectivity index (χ0) is 15.5. The SMILES string of the molecule is CC1COc2cc(Cl)c(F)cc2N1C(=O)N1CC2(CNC2)C1. The number of amides is 2. The molecule has 1 spiro atoms. The first-order chi connectivity index (χ1) is 10.5. The van der Waals surface area contributed by atoms with Gasteiger partial charge in [0, 0.05) is 43.7 Å². The van der Waals surface area contributed by atoms with E-state index in [4.69, 9.17) is 16.3 Å². The lowest BCUT2D eigenvalue weighted by molar-refractivity contribution is -0.00992. The van der Waals surface area contributed by atoms with Crippen molar-refractivity contribution in [3.05, 3.63) is 23.0 Å². The standard InChI is InChI=1S/C15H17ClFN3O2/c1-9-4-22-13-2-10(16)11(17)3-12(13)20(9)14(21)19-7-15(8-19)5-18-6-15/h2-3,9,18H,4-8H2,1H3. The molecule has 1 unspecified atom stereocenters. The summed E-state index contributed by atoms with van der Waals surface area (Å²) in [5.41, 5.74) is 0.720. The molecular formula is C15H17ClFN3O2. The molecule has 22 heavy (non-hydrogen) atoms. The van der Waals surface area contributed by atoms with Crippen LogP contribution in [0.25, 0.3) is 0 Å². The Morgan fingerprint density at radius 1 is 1.45 bits per heavy atom. The van der Waals surface area contributed by atoms with Crippen molar-refractivity contribution < 1.29 is 13.9 Å². The fourth-order valence-corrected chi connectivity index (χ4v) is 3.54. The van der Waals surface area contributed by atoms with Crippen LogP contribution in [0.5, 0.6) is 5.75 Å². The lowest BCUT2D eigenvalue weighted by atomic mass is 9.74. The summed E-state index contributed by atoms with van der Waals surface area (Å²) in [5, 5.41) is 3.25. The third kappa shape index (κ3) is 1.97. The predicted octanol–water partition coefficient (Wildman–Crippen LogP) is 2.09. The first kappa shape index (κ1) is 14.1. The van der Waals surface area contributed by atoms with Crippen LogP contribution >= 0.6 is 11.6 Å². The third-order valence-electron chi connectivity index (χ3n) is 4.71. The van der Waals surface area contributed by atoms with Crippen LogP contribution in [0.15, 0.2) is 12.1 Å². The van der Waals surface area contributed by atoms with E-state index in [1.54, 1.807) is 4.90 Å². The van der Waals surface area contributed by atoms with E-state index in [2.05, 4.69) is 5.32 Å². The van der Waals surface area contributed by atoms with Crippen molar-refractivity contribution in [3.63, 3.8) is 0 Å². The van der Waals surface area contributed by atoms with Crippen LogP contribution in [0.3, 0.4) is 0 Å². The van der Waals surface area contributed by atoms with E-state index in [1.807, 2.05) is 11.8 Å². The van der Waals surface area contributed by atoms with Crippen LogP contribution in [0.4, 0.5) is 14.9 Å². The molecule has 0 bridgehead atoms. The van der Waals surface area contributed by atoms with Gasteiger partial charge in [0.2, 0.25) is 0 Å². The minimum absolute atomic E-state index is 0.00384. The highest BCUT2D eigenvalue weighted by Gasteiger charge is 2.51. The van der Waals surface area contributed by atoms with Crippen molar-refractivity contribution in [3.8, 4) is 5.75 Å². The van der Waals surface area contributed by atoms with E-state index in [1.165, 1.54) is 12.1 Å². The van der Waals surface area contributed by atoms with Gasteiger partial charge in [0.1, 0.15) is 18.2 Å². The lowest BCUT2D eigenvalue weighted by Gasteiger charge is -2.57. The van der Waals surface area contributed by atoms with E-state index in [9.17, 15) is 9.18 Å². The van der Waals surface area contributed by atoms with Crippen molar-refractivity contribution in [1.29, 1.82) is 0 Å². The van der Waals surface area contributed by atoms with Crippen molar-refractivity contribution in [2.75, 3.05) is 37.7 Å². The Bertz CT molecular complexity index is 642. The summed E-state index contributed by atoms with van der Waals surface area (Å²) in [6, 6.07) is 2.49. The zero-order valence-electron chi connectivity index (χ0n) is 12.2. The van der Waals surface area contributed by atoms with E-state index < -0.39 is 5.82 Å². The van der Waals surface area contributed by atoms with E-state index in [-0.39, 0.29) is 22.5 Å². The summed E-state index contributed by atoms with van der Waals surface area (Å²) in [7, 11) is 0. The summed E-state index contributed by atoms with van der Waals surface area (Å²) >= 11 is 5.80. The maximum atomic E-state index is 13.8. The van der Waals surface area contributed by atoms with Crippen LogP contribution in [0, 0.1) is 11.2 Å². The molecule has 1 N–H and O–H groups in total. The average molecular weight is 326 g/mol. The van der Waals surface area contributed by atoms with Crippen molar-refractivity contribution in [2.24, 2.45) is 5.41 Å². The molecule has 0 radical (unpaired) electrons. The van der Waals surface area contributed by atoms with Gasteiger partial charge in [-0.25, -0.2) is 9.18 Å². The van der Waals surface area contributed by atoms with Gasteiger partial charge >= 0.3 is 6.03 Å². The molecule has 0 saturated carbocycles. The number of urea groups is 1. The highest BCUT2D eigenvalue weighted by molar-refractivity contribution is 6.31. The molecule has 2 saturated heterocycles. The molecule has 2 fully saturated rings. The number of benzene rings is 1. The number of anilines is 1. The Kier molecular flexibility index (Phi) is 3.03. The number of hydrogen-bond acceptors (Lipinski definition) is 3. The number of halogens is 2. The van der Waals surface area contributed by atoms with Crippen molar-refractivity contribution >= 4 is 23.3 Å². The maximum Gasteiger partial charge on any atom is 0.325 e. The molecule has 0 aliphatic carbocycles. The number of fused-ring (bicyclic) bond motifs is 1. The fourth-order valence-electron chi connectivity index (χ4n) is 3.39. The normalized spacial score (nSPS) is 25.1. The van der Waals surface area contributed by atoms with Crippen LogP contribution in [0.2, 0.25) is 5.02 Å². The third-order valence-corrected chi connectivity index (χ3v) is 5.00. The van der Waals surface area contributed by atoms with Gasteiger partial charge in [0.25, 0.3) is 0 Å². The van der Waals surface area contributed by atoms with Crippen molar-refractivity contribution in [2.45, 2.75) is 13.0 Å². The molecule has 1 aromatic rings. The number of nitrogens with one attached hydrogen (secondary N) is 1. The zero-order valence-corrected chi connectivity index (χ0v) is 13.0. The molecule has 5 nitrogen and oxygen atoms in total. The molecule has 3 aliphatic rings. The lowest BCUT2D eigenvalue weighted by Crippen LogP contribution is -2.73. The number of ether oxygens (including phenoxy) is 1. The van der Waals surface area contributed by atoms with Crippen LogP contribution < -0.4 is 15.0 Å². The summed E-state index contributed by atoms with van der Waals surface area (Å²) in [6.45, 7) is 5.73. The average Bonchev–Trinajstić information content (AvgIpc) is 2.37. The maximum absolute atomic E-state index is 13.8. The molecule has 7 heteroatoms. The van der Waals surface area contributed by atoms with Gasteiger partial charge in [-0.3, -0.25) is 4.90 Å². The minimum atomic E-state index is -0.542. The number of hydrogen-bond donors (Lipinski definition) is 1. The smallest absolute Gasteiger partial charge is 0.325 e. The Morgan fingerprint density at radius 3 is 2.82 bits per heavy atom. The quantitative estimate of drug-likeness (QED) is 0.794. The molecule has 1 aromatic carbocycles. The number of likely N-dealkylation sites (tertiary alicyclic amines) is 1. The highest BCUT2D eigenvalue weighted by Crippen LogP contribution is 2.40. The van der Waals surface area contributed by atoms with E-state index in [0.29, 0.717) is 18.0 Å². The van der Waals surface area contributed by atoms with Crippen LogP contribution in [0.1, 0.15) is 6.92 Å². The van der Waals surface area contributed by atoms with Gasteiger partial charge in [0.05, 0.1) is 16.8 Å². The predicted molar refractivity (Wildman–Crippen MR) is 81.1 cm³/mol. The van der Waals surface area contributed by atoms with Gasteiger partial charge in [0.15, 0.2) is 0 Å². The van der Waals surface area contributed by atoms with Gasteiger partial charge in [-0.15, -0.1) is 0 Å². The van der Waals surface area contributed by atoms with Gasteiger partial charge in [-0.2, -0.15) is 0 Å². The molecule has 118 valence electrons. The molecule has 0 aromatic heterocycles. The number of nitrogens with zero attached hydrogens (tertiary/aromatic N) is 2. The second kappa shape index (κ2) is 4.73. The van der Waals surface area contributed by atoms with Gasteiger partial charge in [-0.1, -0.05) is 11.6 Å². The van der Waals surface area contributed by atoms with Crippen LogP contribution in [-0.4, -0.2) is 49.8 Å². The Balaban J connectivity index is 1.61. The Hall–Kier alpha value is -1.53. The van der Waals surface area contributed by atoms with Gasteiger partial charge < -0.3 is 15.0 Å². The van der Waals surface area contributed by atoms with Gasteiger partial charge in [-0.05, 0) is 6.92 Å². The molecular weight excluding hydrogens is 309 g/mol. The monoisotopic (exact) mass is 325 g/mol. The first-order valence-electron chi connectivity index (χ1n) is 7.40. The Morgan fingerprint density at radius 2 is 2.18 bits per heavy atom. The topological polar surface area (TPSA) is 44.8 Å². The summed E-state index contributed by atoms with van der Waals surface area (Å²) in [6.07, 6.45) is 0. The minimum Gasteiger partial charge on any atom is -0.489 e. The highest BCUT2D eigenvalue weighted by atomic mass is 35.5. The van der Waals surface area contributed by atoms with Crippen LogP contribution in [-0.2, 0) is 0 Å². The first-order valence-corrected chi connectivity index (χ1v) is 7.78. The Labute approximate surface area is 133 Å². The second-order valence-corrected chi connectivity index (χ2v) is 6.91. The van der Waals surface area contributed by atoms with E-state index >= 15 is 0 Å². The second-order valence-electron chi connectivity index (χ2n) is 6.51. The summed E-state index contributed by atoms with van der Waals surface area (Å²) < 4.78 is 19.4. The molecule has 1 atom stereocenters. The van der Waals surface area contributed by atoms with Crippen molar-refractivity contribution in [1.82, 2.24) is 10.2 Å². The molecule has 3 heterocycles. The molecule has 4 rings (SSSR count). The molecule has 3 aliphatic heterocycles. The van der Waals surface area contributed by atoms with E-state index in [0.717, 1.165) is 26.2 Å². The number of rotatable bonds is 0. The molecule has 2 amide bonds. The fraction of sp³-hybridized carbons (Fsp3) is 0.533. The summed E-state index contributed by atoms with van der Waals surface area (Å²) in [4.78, 5) is 16.2. The number of carbonyl (C=O) groups excluding carboxylic acids is 1. The summed E-state index contributed by atoms with van der Waals surface area (Å²) in [5.74, 6) is -0.0856.